The van der Waals surface area contributed by atoms with Crippen LogP contribution in [-0.4, -0.2) is 38.1 Å². The molecule has 1 fully saturated rings. The third-order valence-electron chi connectivity index (χ3n) is 6.81. The Morgan fingerprint density at radius 3 is 2.60 bits per heavy atom. The summed E-state index contributed by atoms with van der Waals surface area (Å²) in [6, 6.07) is 16.6. The minimum atomic E-state index is -1.72. The molecule has 0 bridgehead atoms. The van der Waals surface area contributed by atoms with Crippen LogP contribution in [0.4, 0.5) is 5.69 Å². The van der Waals surface area contributed by atoms with E-state index >= 15 is 0 Å². The van der Waals surface area contributed by atoms with Gasteiger partial charge in [0.25, 0.3) is 0 Å². The van der Waals surface area contributed by atoms with Crippen LogP contribution in [0.2, 0.25) is 0 Å². The molecule has 5 rings (SSSR count). The summed E-state index contributed by atoms with van der Waals surface area (Å²) in [6.45, 7) is 0. The summed E-state index contributed by atoms with van der Waals surface area (Å²) >= 11 is 3.46. The van der Waals surface area contributed by atoms with Gasteiger partial charge < -0.3 is 18.8 Å². The number of ketones is 1. The Kier molecular flexibility index (Phi) is 5.73. The molecule has 0 N–H and O–H groups in total. The number of para-hydroxylation sites is 1. The normalized spacial score (nSPS) is 24.3. The van der Waals surface area contributed by atoms with Crippen LogP contribution in [-0.2, 0) is 9.53 Å². The number of fused-ring (bicyclic) bond motifs is 3. The number of ether oxygens (including phenoxy) is 2. The Bertz CT molecular complexity index is 1380. The standard InChI is InChI=1S/C27H21BrN2O5/c1-33-20-11-9-17(14-18(20)28)25(31)24-23(21-8-5-13-35-21)27(15-29,26(32)34-2)22-12-10-16-6-3-4-7-19(16)30(22)24/h3-14,22-24H,1-2H3/t22-,23-,24+,27+/m0/s1. The maximum atomic E-state index is 14.3. The van der Waals surface area contributed by atoms with Gasteiger partial charge in [-0.3, -0.25) is 9.59 Å². The van der Waals surface area contributed by atoms with Gasteiger partial charge in [-0.05, 0) is 57.9 Å². The third-order valence-corrected chi connectivity index (χ3v) is 7.43. The fourth-order valence-corrected chi connectivity index (χ4v) is 5.84. The van der Waals surface area contributed by atoms with E-state index in [0.717, 1.165) is 11.3 Å². The number of hydrogen-bond acceptors (Lipinski definition) is 7. The number of Topliss-reactive ketones (excluding diaryl/α,β-unsaturated/α-hetero) is 1. The molecule has 7 nitrogen and oxygen atoms in total. The molecule has 4 atom stereocenters. The van der Waals surface area contributed by atoms with Crippen LogP contribution in [0.25, 0.3) is 6.08 Å². The van der Waals surface area contributed by atoms with Crippen LogP contribution < -0.4 is 9.64 Å². The molecule has 0 amide bonds. The van der Waals surface area contributed by atoms with Gasteiger partial charge in [-0.1, -0.05) is 30.4 Å². The molecule has 176 valence electrons. The quantitative estimate of drug-likeness (QED) is 0.337. The summed E-state index contributed by atoms with van der Waals surface area (Å²) in [4.78, 5) is 29.5. The highest BCUT2D eigenvalue weighted by Crippen LogP contribution is 2.56. The number of methoxy groups -OCH3 is 2. The molecule has 0 saturated carbocycles. The first-order chi connectivity index (χ1) is 17.0. The summed E-state index contributed by atoms with van der Waals surface area (Å²) in [7, 11) is 2.80. The minimum absolute atomic E-state index is 0.258. The second-order valence-electron chi connectivity index (χ2n) is 8.39. The zero-order chi connectivity index (χ0) is 24.7. The van der Waals surface area contributed by atoms with Crippen LogP contribution in [0.3, 0.4) is 0 Å². The van der Waals surface area contributed by atoms with Crippen LogP contribution in [0.15, 0.2) is 75.8 Å². The number of carbonyl (C=O) groups is 2. The number of nitriles is 1. The van der Waals surface area contributed by atoms with Crippen molar-refractivity contribution in [2.75, 3.05) is 19.1 Å². The SMILES string of the molecule is COC(=O)[C@]1(C#N)[C@@H]2C=Cc3ccccc3N2[C@@H](C(=O)c2ccc(OC)c(Br)c2)[C@@H]1c1ccco1. The lowest BCUT2D eigenvalue weighted by Gasteiger charge is -2.36. The smallest absolute Gasteiger partial charge is 0.329 e. The maximum Gasteiger partial charge on any atom is 0.329 e. The molecule has 3 aromatic rings. The van der Waals surface area contributed by atoms with E-state index in [1.165, 1.54) is 13.4 Å². The van der Waals surface area contributed by atoms with Crippen molar-refractivity contribution in [2.24, 2.45) is 5.41 Å². The number of anilines is 1. The molecule has 2 aromatic carbocycles. The molecule has 35 heavy (non-hydrogen) atoms. The third kappa shape index (κ3) is 3.30. The Hall–Kier alpha value is -3.83. The summed E-state index contributed by atoms with van der Waals surface area (Å²) in [6.07, 6.45) is 5.15. The van der Waals surface area contributed by atoms with Gasteiger partial charge in [-0.2, -0.15) is 5.26 Å². The highest BCUT2D eigenvalue weighted by atomic mass is 79.9. The van der Waals surface area contributed by atoms with Gasteiger partial charge in [-0.15, -0.1) is 0 Å². The number of nitrogens with zero attached hydrogens (tertiary/aromatic N) is 2. The zero-order valence-electron chi connectivity index (χ0n) is 19.0. The van der Waals surface area contributed by atoms with Crippen LogP contribution in [0.5, 0.6) is 5.75 Å². The van der Waals surface area contributed by atoms with Gasteiger partial charge in [0.2, 0.25) is 0 Å². The molecule has 0 unspecified atom stereocenters. The maximum absolute atomic E-state index is 14.3. The van der Waals surface area contributed by atoms with Gasteiger partial charge in [0, 0.05) is 11.3 Å². The zero-order valence-corrected chi connectivity index (χ0v) is 20.6. The Morgan fingerprint density at radius 1 is 1.14 bits per heavy atom. The Morgan fingerprint density at radius 2 is 1.94 bits per heavy atom. The van der Waals surface area contributed by atoms with E-state index in [1.807, 2.05) is 35.2 Å². The number of halogens is 1. The predicted octanol–water partition coefficient (Wildman–Crippen LogP) is 4.98. The van der Waals surface area contributed by atoms with E-state index in [9.17, 15) is 14.9 Å². The van der Waals surface area contributed by atoms with Crippen molar-refractivity contribution in [2.45, 2.75) is 18.0 Å². The van der Waals surface area contributed by atoms with Gasteiger partial charge in [-0.25, -0.2) is 0 Å². The van der Waals surface area contributed by atoms with Crippen LogP contribution >= 0.6 is 15.9 Å². The van der Waals surface area contributed by atoms with Crippen LogP contribution in [0, 0.1) is 16.7 Å². The lowest BCUT2D eigenvalue weighted by atomic mass is 9.70. The lowest BCUT2D eigenvalue weighted by Crippen LogP contribution is -2.46. The molecule has 8 heteroatoms. The topological polar surface area (TPSA) is 92.8 Å². The number of esters is 1. The number of hydrogen-bond donors (Lipinski definition) is 0. The molecule has 1 saturated heterocycles. The van der Waals surface area contributed by atoms with E-state index in [4.69, 9.17) is 13.9 Å². The van der Waals surface area contributed by atoms with E-state index in [1.54, 1.807) is 43.5 Å². The highest BCUT2D eigenvalue weighted by molar-refractivity contribution is 9.10. The van der Waals surface area contributed by atoms with E-state index < -0.39 is 29.4 Å². The molecular formula is C27H21BrN2O5. The van der Waals surface area contributed by atoms with Crippen molar-refractivity contribution in [1.29, 1.82) is 5.26 Å². The minimum Gasteiger partial charge on any atom is -0.496 e. The molecule has 0 spiro atoms. The van der Waals surface area contributed by atoms with Crippen LogP contribution in [0.1, 0.15) is 27.6 Å². The number of rotatable bonds is 5. The molecule has 2 aliphatic rings. The largest absolute Gasteiger partial charge is 0.496 e. The van der Waals surface area contributed by atoms with Gasteiger partial charge in [0.1, 0.15) is 17.6 Å². The first-order valence-electron chi connectivity index (χ1n) is 10.9. The average Bonchev–Trinajstić information content (AvgIpc) is 3.52. The predicted molar refractivity (Wildman–Crippen MR) is 132 cm³/mol. The van der Waals surface area contributed by atoms with Crippen molar-refractivity contribution >= 4 is 39.4 Å². The Labute approximate surface area is 210 Å². The number of benzene rings is 2. The van der Waals surface area contributed by atoms with Crippen molar-refractivity contribution < 1.29 is 23.5 Å². The summed E-state index contributed by atoms with van der Waals surface area (Å²) in [5.41, 5.74) is 0.321. The first-order valence-corrected chi connectivity index (χ1v) is 11.7. The first kappa shape index (κ1) is 22.9. The van der Waals surface area contributed by atoms with E-state index in [2.05, 4.69) is 22.0 Å². The second-order valence-corrected chi connectivity index (χ2v) is 9.25. The fraction of sp³-hybridized carbons (Fsp3) is 0.222. The molecule has 0 aliphatic carbocycles. The fourth-order valence-electron chi connectivity index (χ4n) is 5.30. The molecule has 3 heterocycles. The van der Waals surface area contributed by atoms with E-state index in [-0.39, 0.29) is 5.78 Å². The van der Waals surface area contributed by atoms with Crippen molar-refractivity contribution in [3.05, 3.63) is 88.3 Å². The molecule has 0 radical (unpaired) electrons. The van der Waals surface area contributed by atoms with Gasteiger partial charge in [0.05, 0.1) is 43.0 Å². The number of carbonyl (C=O) groups excluding carboxylic acids is 2. The van der Waals surface area contributed by atoms with Crippen molar-refractivity contribution in [3.8, 4) is 11.8 Å². The summed E-state index contributed by atoms with van der Waals surface area (Å²) in [5.74, 6) is -0.953. The summed E-state index contributed by atoms with van der Waals surface area (Å²) < 4.78 is 16.9. The average molecular weight is 533 g/mol. The number of furan rings is 1. The lowest BCUT2D eigenvalue weighted by molar-refractivity contribution is -0.150. The van der Waals surface area contributed by atoms with Gasteiger partial charge in [0.15, 0.2) is 11.2 Å². The van der Waals surface area contributed by atoms with Gasteiger partial charge >= 0.3 is 5.97 Å². The Balaban J connectivity index is 1.78. The monoisotopic (exact) mass is 532 g/mol. The molecule has 2 aliphatic heterocycles. The second kappa shape index (κ2) is 8.75. The van der Waals surface area contributed by atoms with Crippen molar-refractivity contribution in [1.82, 2.24) is 0 Å². The van der Waals surface area contributed by atoms with Crippen molar-refractivity contribution in [3.63, 3.8) is 0 Å². The molecule has 1 aromatic heterocycles. The highest BCUT2D eigenvalue weighted by Gasteiger charge is 2.68. The summed E-state index contributed by atoms with van der Waals surface area (Å²) in [5, 5.41) is 10.6. The van der Waals surface area contributed by atoms with E-state index in [0.29, 0.717) is 21.5 Å². The molecular weight excluding hydrogens is 512 g/mol.